The van der Waals surface area contributed by atoms with E-state index in [1.54, 1.807) is 12.1 Å². The molecule has 12 heteroatoms. The number of morpholine rings is 1. The Labute approximate surface area is 179 Å². The van der Waals surface area contributed by atoms with Crippen molar-refractivity contribution in [1.29, 1.82) is 0 Å². The average molecular weight is 452 g/mol. The number of alkyl halides is 3. The lowest BCUT2D eigenvalue weighted by Crippen LogP contribution is -2.33. The predicted octanol–water partition coefficient (Wildman–Crippen LogP) is 3.03. The molecule has 0 bridgehead atoms. The number of nitrogens with one attached hydrogen (secondary N) is 1. The number of ether oxygens (including phenoxy) is 1. The minimum atomic E-state index is -4.61. The van der Waals surface area contributed by atoms with E-state index in [0.717, 1.165) is 23.0 Å². The third kappa shape index (κ3) is 4.84. The Morgan fingerprint density at radius 2 is 2.13 bits per heavy atom. The summed E-state index contributed by atoms with van der Waals surface area (Å²) < 4.78 is 45.4. The SMILES string of the molecule is NC(=Nc1ccc([C@H]2CNCCO2)cc1Cl)c1cnn(-c2cncc(C(F)(F)F)n2)c1. The van der Waals surface area contributed by atoms with Gasteiger partial charge in [-0.25, -0.2) is 14.7 Å². The Morgan fingerprint density at radius 1 is 1.29 bits per heavy atom. The summed E-state index contributed by atoms with van der Waals surface area (Å²) in [5.74, 6) is -0.00577. The van der Waals surface area contributed by atoms with E-state index in [1.807, 2.05) is 6.07 Å². The highest BCUT2D eigenvalue weighted by atomic mass is 35.5. The van der Waals surface area contributed by atoms with Crippen molar-refractivity contribution in [2.45, 2.75) is 12.3 Å². The Morgan fingerprint density at radius 3 is 2.84 bits per heavy atom. The summed E-state index contributed by atoms with van der Waals surface area (Å²) in [4.78, 5) is 11.4. The van der Waals surface area contributed by atoms with Crippen LogP contribution in [-0.4, -0.2) is 45.3 Å². The largest absolute Gasteiger partial charge is 0.434 e. The lowest BCUT2D eigenvalue weighted by molar-refractivity contribution is -0.141. The minimum Gasteiger partial charge on any atom is -0.383 e. The highest BCUT2D eigenvalue weighted by molar-refractivity contribution is 6.33. The molecule has 0 saturated carbocycles. The van der Waals surface area contributed by atoms with Gasteiger partial charge in [0.05, 0.1) is 47.6 Å². The maximum atomic E-state index is 12.8. The van der Waals surface area contributed by atoms with E-state index in [9.17, 15) is 13.2 Å². The van der Waals surface area contributed by atoms with Gasteiger partial charge in [-0.3, -0.25) is 4.98 Å². The molecular weight excluding hydrogens is 435 g/mol. The fourth-order valence-corrected chi connectivity index (χ4v) is 3.20. The molecular formula is C19H17ClF3N7O. The molecule has 0 amide bonds. The molecule has 1 aliphatic heterocycles. The topological polar surface area (TPSA) is 103 Å². The molecule has 1 fully saturated rings. The van der Waals surface area contributed by atoms with Crippen LogP contribution < -0.4 is 11.1 Å². The maximum absolute atomic E-state index is 12.8. The highest BCUT2D eigenvalue weighted by Gasteiger charge is 2.33. The molecule has 0 spiro atoms. The van der Waals surface area contributed by atoms with Crippen LogP contribution in [0.3, 0.4) is 0 Å². The van der Waals surface area contributed by atoms with E-state index in [0.29, 0.717) is 35.6 Å². The first-order valence-corrected chi connectivity index (χ1v) is 9.59. The van der Waals surface area contributed by atoms with Crippen LogP contribution in [0, 0.1) is 0 Å². The van der Waals surface area contributed by atoms with E-state index < -0.39 is 11.9 Å². The van der Waals surface area contributed by atoms with Gasteiger partial charge in [0.15, 0.2) is 11.5 Å². The van der Waals surface area contributed by atoms with E-state index in [4.69, 9.17) is 22.1 Å². The van der Waals surface area contributed by atoms with Crippen LogP contribution in [0.2, 0.25) is 5.02 Å². The lowest BCUT2D eigenvalue weighted by Gasteiger charge is -2.24. The van der Waals surface area contributed by atoms with Crippen molar-refractivity contribution >= 4 is 23.1 Å². The normalized spacial score (nSPS) is 17.7. The standard InChI is InChI=1S/C19H17ClF3N7O/c20-13-5-11(15-7-25-3-4-31-15)1-2-14(13)28-18(24)12-6-27-30(10-12)17-9-26-8-16(29-17)19(21,22)23/h1-2,5-6,8-10,15,25H,3-4,7H2,(H2,24,28)/t15-/m1/s1. The zero-order valence-corrected chi connectivity index (χ0v) is 16.7. The summed E-state index contributed by atoms with van der Waals surface area (Å²) in [5.41, 5.74) is 6.69. The van der Waals surface area contributed by atoms with Gasteiger partial charge in [-0.05, 0) is 17.7 Å². The third-order valence-electron chi connectivity index (χ3n) is 4.54. The number of nitrogens with zero attached hydrogens (tertiary/aromatic N) is 5. The summed E-state index contributed by atoms with van der Waals surface area (Å²) in [6.45, 7) is 2.12. The number of hydrogen-bond acceptors (Lipinski definition) is 6. The number of hydrogen-bond donors (Lipinski definition) is 2. The van der Waals surface area contributed by atoms with Gasteiger partial charge in [-0.15, -0.1) is 0 Å². The second kappa shape index (κ2) is 8.61. The quantitative estimate of drug-likeness (QED) is 0.467. The third-order valence-corrected chi connectivity index (χ3v) is 4.84. The van der Waals surface area contributed by atoms with Gasteiger partial charge in [-0.2, -0.15) is 18.3 Å². The van der Waals surface area contributed by atoms with Crippen molar-refractivity contribution in [2.24, 2.45) is 10.7 Å². The van der Waals surface area contributed by atoms with E-state index >= 15 is 0 Å². The van der Waals surface area contributed by atoms with Crippen molar-refractivity contribution in [3.63, 3.8) is 0 Å². The van der Waals surface area contributed by atoms with Crippen LogP contribution >= 0.6 is 11.6 Å². The monoisotopic (exact) mass is 451 g/mol. The summed E-state index contributed by atoms with van der Waals surface area (Å²) in [6, 6.07) is 5.36. The molecule has 0 unspecified atom stereocenters. The number of benzene rings is 1. The van der Waals surface area contributed by atoms with Crippen molar-refractivity contribution in [3.05, 3.63) is 64.8 Å². The zero-order valence-electron chi connectivity index (χ0n) is 16.0. The first-order chi connectivity index (χ1) is 14.8. The molecule has 1 saturated heterocycles. The summed E-state index contributed by atoms with van der Waals surface area (Å²) in [5, 5.41) is 7.65. The zero-order chi connectivity index (χ0) is 22.0. The van der Waals surface area contributed by atoms with Crippen molar-refractivity contribution < 1.29 is 17.9 Å². The molecule has 31 heavy (non-hydrogen) atoms. The molecule has 4 rings (SSSR count). The molecule has 0 aliphatic carbocycles. The molecule has 1 aliphatic rings. The number of aromatic nitrogens is 4. The Hall–Kier alpha value is -3.02. The van der Waals surface area contributed by atoms with Gasteiger partial charge in [0.25, 0.3) is 0 Å². The maximum Gasteiger partial charge on any atom is 0.434 e. The number of nitrogens with two attached hydrogens (primary N) is 1. The van der Waals surface area contributed by atoms with Crippen molar-refractivity contribution in [2.75, 3.05) is 19.7 Å². The minimum absolute atomic E-state index is 0.0894. The van der Waals surface area contributed by atoms with Gasteiger partial charge in [0.2, 0.25) is 0 Å². The van der Waals surface area contributed by atoms with Crippen LogP contribution in [0.1, 0.15) is 22.9 Å². The molecule has 1 aromatic carbocycles. The Balaban J connectivity index is 1.55. The number of amidine groups is 1. The van der Waals surface area contributed by atoms with Crippen LogP contribution in [-0.2, 0) is 10.9 Å². The van der Waals surface area contributed by atoms with Crippen LogP contribution in [0.25, 0.3) is 5.82 Å². The van der Waals surface area contributed by atoms with Gasteiger partial charge in [-0.1, -0.05) is 17.7 Å². The van der Waals surface area contributed by atoms with E-state index in [2.05, 4.69) is 25.4 Å². The molecule has 3 N–H and O–H groups in total. The molecule has 3 aromatic rings. The number of halogens is 4. The number of aliphatic imine (C=N–C) groups is 1. The second-order valence-electron chi connectivity index (χ2n) is 6.71. The first-order valence-electron chi connectivity index (χ1n) is 9.22. The second-order valence-corrected chi connectivity index (χ2v) is 7.11. The van der Waals surface area contributed by atoms with Gasteiger partial charge >= 0.3 is 6.18 Å². The molecule has 162 valence electrons. The summed E-state index contributed by atoms with van der Waals surface area (Å²) in [6.07, 6.45) is -0.118. The smallest absolute Gasteiger partial charge is 0.383 e. The summed E-state index contributed by atoms with van der Waals surface area (Å²) >= 11 is 6.36. The molecule has 1 atom stereocenters. The van der Waals surface area contributed by atoms with E-state index in [-0.39, 0.29) is 17.8 Å². The van der Waals surface area contributed by atoms with E-state index in [1.165, 1.54) is 12.4 Å². The number of rotatable bonds is 4. The fourth-order valence-electron chi connectivity index (χ4n) is 2.97. The molecule has 0 radical (unpaired) electrons. The van der Waals surface area contributed by atoms with Crippen LogP contribution in [0.15, 0.2) is 48.0 Å². The molecule has 2 aromatic heterocycles. The summed E-state index contributed by atoms with van der Waals surface area (Å²) in [7, 11) is 0. The van der Waals surface area contributed by atoms with Gasteiger partial charge in [0.1, 0.15) is 5.84 Å². The van der Waals surface area contributed by atoms with Crippen molar-refractivity contribution in [3.8, 4) is 5.82 Å². The van der Waals surface area contributed by atoms with Gasteiger partial charge in [0, 0.05) is 19.3 Å². The molecule has 8 nitrogen and oxygen atoms in total. The Bertz CT molecular complexity index is 1110. The first kappa shape index (κ1) is 21.2. The van der Waals surface area contributed by atoms with Crippen LogP contribution in [0.5, 0.6) is 0 Å². The average Bonchev–Trinajstić information content (AvgIpc) is 3.26. The highest BCUT2D eigenvalue weighted by Crippen LogP contribution is 2.30. The predicted molar refractivity (Wildman–Crippen MR) is 108 cm³/mol. The Kier molecular flexibility index (Phi) is 5.90. The lowest BCUT2D eigenvalue weighted by atomic mass is 10.1. The van der Waals surface area contributed by atoms with Gasteiger partial charge < -0.3 is 15.8 Å². The molecule has 3 heterocycles. The van der Waals surface area contributed by atoms with Crippen LogP contribution in [0.4, 0.5) is 18.9 Å². The van der Waals surface area contributed by atoms with Crippen molar-refractivity contribution in [1.82, 2.24) is 25.1 Å². The fraction of sp³-hybridized carbons (Fsp3) is 0.263.